The van der Waals surface area contributed by atoms with Gasteiger partial charge in [-0.3, -0.25) is 14.6 Å². The van der Waals surface area contributed by atoms with Crippen LogP contribution in [0.3, 0.4) is 0 Å². The third-order valence-corrected chi connectivity index (χ3v) is 3.63. The van der Waals surface area contributed by atoms with Crippen molar-refractivity contribution >= 4 is 17.4 Å². The smallest absolute Gasteiger partial charge is 0.221 e. The van der Waals surface area contributed by atoms with Crippen LogP contribution in [0.1, 0.15) is 38.2 Å². The predicted octanol–water partition coefficient (Wildman–Crippen LogP) is 1.45. The summed E-state index contributed by atoms with van der Waals surface area (Å²) in [4.78, 5) is 27.0. The second kappa shape index (κ2) is 5.48. The lowest BCUT2D eigenvalue weighted by Gasteiger charge is -2.31. The molecule has 0 spiro atoms. The number of aromatic nitrogens is 1. The summed E-state index contributed by atoms with van der Waals surface area (Å²) < 4.78 is 0. The normalized spacial score (nSPS) is 27.1. The van der Waals surface area contributed by atoms with Crippen LogP contribution in [0.25, 0.3) is 0 Å². The number of rotatable bonds is 2. The van der Waals surface area contributed by atoms with Crippen molar-refractivity contribution in [1.82, 2.24) is 4.98 Å². The predicted molar refractivity (Wildman–Crippen MR) is 72.7 cm³/mol. The van der Waals surface area contributed by atoms with E-state index in [1.54, 1.807) is 12.4 Å². The van der Waals surface area contributed by atoms with Gasteiger partial charge in [-0.1, -0.05) is 6.92 Å². The summed E-state index contributed by atoms with van der Waals surface area (Å²) in [5, 5.41) is 2.78. The molecule has 0 aliphatic heterocycles. The number of ketones is 1. The number of Topliss-reactive ketones (excluding diaryl/α,β-unsaturated/α-hetero) is 1. The number of hydrogen-bond acceptors (Lipinski definition) is 4. The van der Waals surface area contributed by atoms with E-state index in [9.17, 15) is 9.59 Å². The summed E-state index contributed by atoms with van der Waals surface area (Å²) >= 11 is 0. The number of nitrogens with zero attached hydrogens (tertiary/aromatic N) is 1. The standard InChI is InChI=1S/C14H19N3O2/c1-8-5-10(6-12(15)14(8)19)11-3-4-16-7-13(11)17-9(2)18/h3-4,7-8,10,12H,5-6,15H2,1-2H3,(H,17,18)/t8-,10+,12+/m0/s1. The van der Waals surface area contributed by atoms with Crippen molar-refractivity contribution in [1.29, 1.82) is 0 Å². The Bertz CT molecular complexity index is 487. The lowest BCUT2D eigenvalue weighted by molar-refractivity contribution is -0.125. The van der Waals surface area contributed by atoms with Gasteiger partial charge in [0, 0.05) is 19.0 Å². The molecule has 1 aliphatic rings. The molecule has 2 rings (SSSR count). The van der Waals surface area contributed by atoms with Crippen molar-refractivity contribution in [3.63, 3.8) is 0 Å². The Labute approximate surface area is 112 Å². The highest BCUT2D eigenvalue weighted by atomic mass is 16.1. The second-order valence-electron chi connectivity index (χ2n) is 5.22. The van der Waals surface area contributed by atoms with E-state index in [0.717, 1.165) is 12.0 Å². The van der Waals surface area contributed by atoms with Crippen LogP contribution in [0.4, 0.5) is 5.69 Å². The molecule has 0 radical (unpaired) electrons. The summed E-state index contributed by atoms with van der Waals surface area (Å²) in [6, 6.07) is 1.48. The largest absolute Gasteiger partial charge is 0.325 e. The van der Waals surface area contributed by atoms with E-state index < -0.39 is 6.04 Å². The number of pyridine rings is 1. The quantitative estimate of drug-likeness (QED) is 0.843. The van der Waals surface area contributed by atoms with Crippen LogP contribution in [0.5, 0.6) is 0 Å². The molecule has 1 aromatic rings. The van der Waals surface area contributed by atoms with Gasteiger partial charge in [-0.05, 0) is 30.4 Å². The van der Waals surface area contributed by atoms with E-state index in [1.807, 2.05) is 13.0 Å². The first-order valence-electron chi connectivity index (χ1n) is 6.50. The van der Waals surface area contributed by atoms with E-state index in [4.69, 9.17) is 5.73 Å². The fraction of sp³-hybridized carbons (Fsp3) is 0.500. The Morgan fingerprint density at radius 2 is 2.21 bits per heavy atom. The minimum Gasteiger partial charge on any atom is -0.325 e. The van der Waals surface area contributed by atoms with Crippen molar-refractivity contribution in [3.05, 3.63) is 24.0 Å². The van der Waals surface area contributed by atoms with Gasteiger partial charge in [0.1, 0.15) is 0 Å². The van der Waals surface area contributed by atoms with Gasteiger partial charge in [0.25, 0.3) is 0 Å². The lowest BCUT2D eigenvalue weighted by atomic mass is 9.75. The monoisotopic (exact) mass is 261 g/mol. The van der Waals surface area contributed by atoms with Gasteiger partial charge < -0.3 is 11.1 Å². The molecule has 0 bridgehead atoms. The van der Waals surface area contributed by atoms with Crippen molar-refractivity contribution < 1.29 is 9.59 Å². The SMILES string of the molecule is CC(=O)Nc1cnccc1[C@H]1C[C@@H](N)C(=O)[C@@H](C)C1. The number of amides is 1. The van der Waals surface area contributed by atoms with E-state index in [-0.39, 0.29) is 23.5 Å². The molecule has 1 heterocycles. The van der Waals surface area contributed by atoms with E-state index >= 15 is 0 Å². The zero-order valence-corrected chi connectivity index (χ0v) is 11.2. The first kappa shape index (κ1) is 13.7. The van der Waals surface area contributed by atoms with Gasteiger partial charge in [-0.25, -0.2) is 0 Å². The van der Waals surface area contributed by atoms with E-state index in [1.165, 1.54) is 6.92 Å². The van der Waals surface area contributed by atoms with Crippen molar-refractivity contribution in [2.24, 2.45) is 11.7 Å². The van der Waals surface area contributed by atoms with Crippen LogP contribution >= 0.6 is 0 Å². The molecule has 1 aliphatic carbocycles. The molecule has 0 unspecified atom stereocenters. The minimum atomic E-state index is -0.410. The molecule has 102 valence electrons. The van der Waals surface area contributed by atoms with E-state index in [0.29, 0.717) is 12.1 Å². The molecule has 1 amide bonds. The lowest BCUT2D eigenvalue weighted by Crippen LogP contribution is -2.41. The zero-order valence-electron chi connectivity index (χ0n) is 11.2. The van der Waals surface area contributed by atoms with Gasteiger partial charge in [0.2, 0.25) is 5.91 Å². The highest BCUT2D eigenvalue weighted by molar-refractivity contribution is 5.90. The molecule has 3 atom stereocenters. The summed E-state index contributed by atoms with van der Waals surface area (Å²) in [6.45, 7) is 3.38. The molecule has 3 N–H and O–H groups in total. The molecule has 5 heteroatoms. The average molecular weight is 261 g/mol. The molecular weight excluding hydrogens is 242 g/mol. The van der Waals surface area contributed by atoms with Gasteiger partial charge in [-0.15, -0.1) is 0 Å². The van der Waals surface area contributed by atoms with Gasteiger partial charge in [-0.2, -0.15) is 0 Å². The number of nitrogens with two attached hydrogens (primary N) is 1. The van der Waals surface area contributed by atoms with Crippen LogP contribution in [-0.2, 0) is 9.59 Å². The Balaban J connectivity index is 2.26. The van der Waals surface area contributed by atoms with Gasteiger partial charge in [0.05, 0.1) is 17.9 Å². The first-order valence-corrected chi connectivity index (χ1v) is 6.50. The number of carbonyl (C=O) groups excluding carboxylic acids is 2. The molecule has 1 fully saturated rings. The Morgan fingerprint density at radius 3 is 2.84 bits per heavy atom. The third kappa shape index (κ3) is 2.98. The number of carbonyl (C=O) groups is 2. The van der Waals surface area contributed by atoms with Crippen LogP contribution in [0.15, 0.2) is 18.5 Å². The molecule has 0 saturated heterocycles. The fourth-order valence-electron chi connectivity index (χ4n) is 2.74. The Kier molecular flexibility index (Phi) is 3.95. The average Bonchev–Trinajstić information content (AvgIpc) is 2.35. The zero-order chi connectivity index (χ0) is 14.0. The Hall–Kier alpha value is -1.75. The molecule has 19 heavy (non-hydrogen) atoms. The molecule has 0 aromatic carbocycles. The summed E-state index contributed by atoms with van der Waals surface area (Å²) in [5.41, 5.74) is 7.63. The Morgan fingerprint density at radius 1 is 1.47 bits per heavy atom. The highest BCUT2D eigenvalue weighted by Crippen LogP contribution is 2.36. The maximum absolute atomic E-state index is 11.8. The molecule has 1 saturated carbocycles. The van der Waals surface area contributed by atoms with Gasteiger partial charge >= 0.3 is 0 Å². The van der Waals surface area contributed by atoms with Crippen molar-refractivity contribution in [3.8, 4) is 0 Å². The third-order valence-electron chi connectivity index (χ3n) is 3.63. The number of anilines is 1. The topological polar surface area (TPSA) is 85.1 Å². The summed E-state index contributed by atoms with van der Waals surface area (Å²) in [7, 11) is 0. The number of nitrogens with one attached hydrogen (secondary N) is 1. The second-order valence-corrected chi connectivity index (χ2v) is 5.22. The van der Waals surface area contributed by atoms with Crippen LogP contribution < -0.4 is 11.1 Å². The molecule has 5 nitrogen and oxygen atoms in total. The fourth-order valence-corrected chi connectivity index (χ4v) is 2.74. The van der Waals surface area contributed by atoms with Crippen molar-refractivity contribution in [2.45, 2.75) is 38.6 Å². The van der Waals surface area contributed by atoms with Crippen LogP contribution in [0.2, 0.25) is 0 Å². The maximum Gasteiger partial charge on any atom is 0.221 e. The van der Waals surface area contributed by atoms with Crippen molar-refractivity contribution in [2.75, 3.05) is 5.32 Å². The minimum absolute atomic E-state index is 0.0351. The van der Waals surface area contributed by atoms with Crippen LogP contribution in [-0.4, -0.2) is 22.7 Å². The van der Waals surface area contributed by atoms with E-state index in [2.05, 4.69) is 10.3 Å². The summed E-state index contributed by atoms with van der Waals surface area (Å²) in [6.07, 6.45) is 4.74. The maximum atomic E-state index is 11.8. The first-order chi connectivity index (χ1) is 8.99. The summed E-state index contributed by atoms with van der Waals surface area (Å²) in [5.74, 6) is 0.157. The number of hydrogen-bond donors (Lipinski definition) is 2. The van der Waals surface area contributed by atoms with Gasteiger partial charge in [0.15, 0.2) is 5.78 Å². The van der Waals surface area contributed by atoms with Crippen LogP contribution in [0, 0.1) is 5.92 Å². The molecular formula is C14H19N3O2. The molecule has 1 aromatic heterocycles. The highest BCUT2D eigenvalue weighted by Gasteiger charge is 2.33.